The molecule has 5 nitrogen and oxygen atoms in total. The molecule has 94 valence electrons. The lowest BCUT2D eigenvalue weighted by Gasteiger charge is -2.28. The molecular formula is C9H10ClFN2O3S. The van der Waals surface area contributed by atoms with Crippen molar-refractivity contribution in [3.8, 4) is 0 Å². The van der Waals surface area contributed by atoms with Crippen molar-refractivity contribution in [3.63, 3.8) is 0 Å². The molecule has 17 heavy (non-hydrogen) atoms. The standard InChI is InChI=1S/C9H10ClFN2O3S/c10-8-5-7(17(11,14)15)6-12-9(8)13-1-3-16-4-2-13/h5-6H,1-4H2. The Bertz CT molecular complexity index is 517. The number of nitrogens with zero attached hydrogens (tertiary/aromatic N) is 2. The zero-order chi connectivity index (χ0) is 12.5. The van der Waals surface area contributed by atoms with Gasteiger partial charge in [0.2, 0.25) is 0 Å². The highest BCUT2D eigenvalue weighted by Gasteiger charge is 2.19. The Hall–Kier alpha value is -0.920. The maximum absolute atomic E-state index is 12.7. The summed E-state index contributed by atoms with van der Waals surface area (Å²) in [5.41, 5.74) is 0. The number of pyridine rings is 1. The largest absolute Gasteiger partial charge is 0.378 e. The molecule has 1 aromatic rings. The van der Waals surface area contributed by atoms with E-state index in [2.05, 4.69) is 4.98 Å². The van der Waals surface area contributed by atoms with Crippen LogP contribution in [0.25, 0.3) is 0 Å². The number of anilines is 1. The molecule has 0 atom stereocenters. The van der Waals surface area contributed by atoms with E-state index in [1.165, 1.54) is 0 Å². The number of rotatable bonds is 2. The molecule has 1 fully saturated rings. The van der Waals surface area contributed by atoms with Crippen LogP contribution in [-0.4, -0.2) is 39.7 Å². The molecule has 8 heteroatoms. The van der Waals surface area contributed by atoms with Gasteiger partial charge in [-0.2, -0.15) is 8.42 Å². The van der Waals surface area contributed by atoms with Crippen LogP contribution in [-0.2, 0) is 15.0 Å². The van der Waals surface area contributed by atoms with Crippen molar-refractivity contribution in [1.82, 2.24) is 4.98 Å². The lowest BCUT2D eigenvalue weighted by Crippen LogP contribution is -2.36. The van der Waals surface area contributed by atoms with Gasteiger partial charge in [0.05, 0.1) is 24.4 Å². The molecule has 0 saturated carbocycles. The smallest absolute Gasteiger partial charge is 0.333 e. The van der Waals surface area contributed by atoms with Gasteiger partial charge in [-0.25, -0.2) is 4.98 Å². The number of hydrogen-bond acceptors (Lipinski definition) is 5. The highest BCUT2D eigenvalue weighted by Crippen LogP contribution is 2.26. The van der Waals surface area contributed by atoms with Crippen LogP contribution in [0.1, 0.15) is 0 Å². The number of aromatic nitrogens is 1. The monoisotopic (exact) mass is 280 g/mol. The van der Waals surface area contributed by atoms with Crippen LogP contribution in [0.5, 0.6) is 0 Å². The van der Waals surface area contributed by atoms with Gasteiger partial charge in [-0.05, 0) is 6.07 Å². The first-order valence-electron chi connectivity index (χ1n) is 4.91. The van der Waals surface area contributed by atoms with Gasteiger partial charge in [-0.3, -0.25) is 0 Å². The number of halogens is 2. The van der Waals surface area contributed by atoms with Crippen LogP contribution >= 0.6 is 11.6 Å². The Balaban J connectivity index is 2.31. The van der Waals surface area contributed by atoms with E-state index in [9.17, 15) is 12.3 Å². The molecule has 0 spiro atoms. The Morgan fingerprint density at radius 3 is 2.59 bits per heavy atom. The molecule has 2 heterocycles. The fourth-order valence-electron chi connectivity index (χ4n) is 1.55. The quantitative estimate of drug-likeness (QED) is 0.763. The third-order valence-corrected chi connectivity index (χ3v) is 3.45. The highest BCUT2D eigenvalue weighted by atomic mass is 35.5. The van der Waals surface area contributed by atoms with E-state index < -0.39 is 15.1 Å². The maximum Gasteiger partial charge on any atom is 0.333 e. The van der Waals surface area contributed by atoms with Gasteiger partial charge in [0.1, 0.15) is 10.7 Å². The maximum atomic E-state index is 12.7. The third-order valence-electron chi connectivity index (χ3n) is 2.39. The molecule has 2 rings (SSSR count). The van der Waals surface area contributed by atoms with Crippen LogP contribution in [0.2, 0.25) is 5.02 Å². The molecule has 0 aliphatic carbocycles. The topological polar surface area (TPSA) is 59.5 Å². The fourth-order valence-corrected chi connectivity index (χ4v) is 2.34. The van der Waals surface area contributed by atoms with Gasteiger partial charge in [0.15, 0.2) is 0 Å². The number of morpholine rings is 1. The average Bonchev–Trinajstić information content (AvgIpc) is 2.29. The van der Waals surface area contributed by atoms with E-state index in [1.54, 1.807) is 0 Å². The van der Waals surface area contributed by atoms with Gasteiger partial charge < -0.3 is 9.64 Å². The summed E-state index contributed by atoms with van der Waals surface area (Å²) in [7, 11) is -4.76. The second-order valence-electron chi connectivity index (χ2n) is 3.51. The summed E-state index contributed by atoms with van der Waals surface area (Å²) in [6.45, 7) is 2.35. The van der Waals surface area contributed by atoms with Crippen molar-refractivity contribution in [3.05, 3.63) is 17.3 Å². The Morgan fingerprint density at radius 2 is 2.06 bits per heavy atom. The van der Waals surface area contributed by atoms with Crippen LogP contribution < -0.4 is 4.90 Å². The molecule has 0 radical (unpaired) electrons. The van der Waals surface area contributed by atoms with E-state index in [0.29, 0.717) is 32.1 Å². The minimum absolute atomic E-state index is 0.116. The average molecular weight is 281 g/mol. The molecule has 1 saturated heterocycles. The first-order chi connectivity index (χ1) is 7.98. The molecule has 0 bridgehead atoms. The first-order valence-corrected chi connectivity index (χ1v) is 6.67. The predicted molar refractivity (Wildman–Crippen MR) is 60.6 cm³/mol. The van der Waals surface area contributed by atoms with Gasteiger partial charge >= 0.3 is 10.2 Å². The predicted octanol–water partition coefficient (Wildman–Crippen LogP) is 1.23. The van der Waals surface area contributed by atoms with Gasteiger partial charge in [-0.15, -0.1) is 3.89 Å². The van der Waals surface area contributed by atoms with Crippen LogP contribution in [0.3, 0.4) is 0 Å². The van der Waals surface area contributed by atoms with E-state index in [4.69, 9.17) is 16.3 Å². The second-order valence-corrected chi connectivity index (χ2v) is 5.27. The minimum Gasteiger partial charge on any atom is -0.378 e. The zero-order valence-electron chi connectivity index (χ0n) is 8.77. The molecule has 0 unspecified atom stereocenters. The molecule has 1 aliphatic rings. The Labute approximate surface area is 103 Å². The molecule has 0 N–H and O–H groups in total. The van der Waals surface area contributed by atoms with E-state index in [0.717, 1.165) is 12.3 Å². The van der Waals surface area contributed by atoms with Crippen LogP contribution in [0.15, 0.2) is 17.2 Å². The summed E-state index contributed by atoms with van der Waals surface area (Å²) in [5.74, 6) is 0.447. The molecule has 1 aromatic heterocycles. The fraction of sp³-hybridized carbons (Fsp3) is 0.444. The summed E-state index contributed by atoms with van der Waals surface area (Å²) in [6.07, 6.45) is 0.964. The van der Waals surface area contributed by atoms with Crippen molar-refractivity contribution in [2.75, 3.05) is 31.2 Å². The zero-order valence-corrected chi connectivity index (χ0v) is 10.3. The Morgan fingerprint density at radius 1 is 1.41 bits per heavy atom. The lowest BCUT2D eigenvalue weighted by atomic mass is 10.3. The van der Waals surface area contributed by atoms with Crippen molar-refractivity contribution in [1.29, 1.82) is 0 Å². The highest BCUT2D eigenvalue weighted by molar-refractivity contribution is 7.86. The summed E-state index contributed by atoms with van der Waals surface area (Å²) < 4.78 is 39.2. The number of hydrogen-bond donors (Lipinski definition) is 0. The van der Waals surface area contributed by atoms with Gasteiger partial charge in [-0.1, -0.05) is 11.6 Å². The molecule has 0 aromatic carbocycles. The van der Waals surface area contributed by atoms with E-state index >= 15 is 0 Å². The van der Waals surface area contributed by atoms with Crippen LogP contribution in [0, 0.1) is 0 Å². The SMILES string of the molecule is O=S(=O)(F)c1cnc(N2CCOCC2)c(Cl)c1. The van der Waals surface area contributed by atoms with E-state index in [1.807, 2.05) is 4.90 Å². The van der Waals surface area contributed by atoms with E-state index in [-0.39, 0.29) is 5.02 Å². The van der Waals surface area contributed by atoms with Crippen molar-refractivity contribution >= 4 is 27.6 Å². The van der Waals surface area contributed by atoms with Crippen LogP contribution in [0.4, 0.5) is 9.70 Å². The summed E-state index contributed by atoms with van der Waals surface area (Å²) in [4.78, 5) is 5.22. The summed E-state index contributed by atoms with van der Waals surface area (Å²) in [6, 6.07) is 1.06. The van der Waals surface area contributed by atoms with Crippen molar-refractivity contribution in [2.45, 2.75) is 4.90 Å². The lowest BCUT2D eigenvalue weighted by molar-refractivity contribution is 0.122. The van der Waals surface area contributed by atoms with Crippen molar-refractivity contribution < 1.29 is 17.0 Å². The molecule has 1 aliphatic heterocycles. The van der Waals surface area contributed by atoms with Crippen molar-refractivity contribution in [2.24, 2.45) is 0 Å². The second kappa shape index (κ2) is 4.75. The Kier molecular flexibility index (Phi) is 3.50. The third kappa shape index (κ3) is 2.85. The minimum atomic E-state index is -4.76. The summed E-state index contributed by atoms with van der Waals surface area (Å²) in [5, 5.41) is 0.116. The number of ether oxygens (including phenoxy) is 1. The van der Waals surface area contributed by atoms with Gasteiger partial charge in [0.25, 0.3) is 0 Å². The van der Waals surface area contributed by atoms with Gasteiger partial charge in [0, 0.05) is 13.1 Å². The molecule has 0 amide bonds. The normalized spacial score (nSPS) is 17.2. The first kappa shape index (κ1) is 12.5. The summed E-state index contributed by atoms with van der Waals surface area (Å²) >= 11 is 5.89. The molecular weight excluding hydrogens is 271 g/mol.